The fraction of sp³-hybridized carbons (Fsp3) is 0.462. The van der Waals surface area contributed by atoms with Gasteiger partial charge >= 0.3 is 5.97 Å². The Morgan fingerprint density at radius 3 is 2.35 bits per heavy atom. The smallest absolute Gasteiger partial charge is 0.335 e. The number of carboxylic acid groups (broad SMARTS) is 1. The lowest BCUT2D eigenvalue weighted by Gasteiger charge is -2.29. The van der Waals surface area contributed by atoms with Gasteiger partial charge in [0.15, 0.2) is 6.29 Å². The van der Waals surface area contributed by atoms with Gasteiger partial charge in [-0.15, -0.1) is 0 Å². The van der Waals surface area contributed by atoms with E-state index in [1.54, 1.807) is 24.3 Å². The molecule has 0 radical (unpaired) electrons. The third-order valence-corrected chi connectivity index (χ3v) is 2.97. The van der Waals surface area contributed by atoms with Gasteiger partial charge in [0.05, 0.1) is 18.8 Å². The van der Waals surface area contributed by atoms with Gasteiger partial charge in [0.25, 0.3) is 0 Å². The Bertz CT molecular complexity index is 377. The third kappa shape index (κ3) is 2.84. The van der Waals surface area contributed by atoms with Crippen molar-refractivity contribution in [3.8, 4) is 0 Å². The lowest BCUT2D eigenvalue weighted by molar-refractivity contribution is -0.205. The predicted molar refractivity (Wildman–Crippen MR) is 61.8 cm³/mol. The van der Waals surface area contributed by atoms with Crippen LogP contribution in [0, 0.1) is 5.92 Å². The van der Waals surface area contributed by atoms with Crippen LogP contribution in [0.3, 0.4) is 0 Å². The van der Waals surface area contributed by atoms with E-state index in [9.17, 15) is 4.79 Å². The molecule has 17 heavy (non-hydrogen) atoms. The Morgan fingerprint density at radius 2 is 1.88 bits per heavy atom. The van der Waals surface area contributed by atoms with Crippen molar-refractivity contribution in [2.75, 3.05) is 13.2 Å². The van der Waals surface area contributed by atoms with Gasteiger partial charge in [0.2, 0.25) is 0 Å². The van der Waals surface area contributed by atoms with Crippen LogP contribution in [0.1, 0.15) is 35.6 Å². The number of benzene rings is 1. The van der Waals surface area contributed by atoms with Gasteiger partial charge in [-0.2, -0.15) is 0 Å². The summed E-state index contributed by atoms with van der Waals surface area (Å²) in [5.41, 5.74) is 1.14. The summed E-state index contributed by atoms with van der Waals surface area (Å²) < 4.78 is 11.2. The largest absolute Gasteiger partial charge is 0.478 e. The molecule has 0 spiro atoms. The average Bonchev–Trinajstić information content (AvgIpc) is 2.39. The summed E-state index contributed by atoms with van der Waals surface area (Å²) in [7, 11) is 0. The minimum absolute atomic E-state index is 0.274. The van der Waals surface area contributed by atoms with Crippen LogP contribution in [0.4, 0.5) is 0 Å². The molecule has 0 aliphatic carbocycles. The van der Waals surface area contributed by atoms with E-state index in [0.717, 1.165) is 12.0 Å². The standard InChI is InChI=1S/C13H16O4/c1-2-9-7-16-13(17-8-9)11-5-3-10(4-6-11)12(14)15/h3-6,9,13H,2,7-8H2,1H3,(H,14,15). The highest BCUT2D eigenvalue weighted by Gasteiger charge is 2.22. The summed E-state index contributed by atoms with van der Waals surface area (Å²) in [6.07, 6.45) is 0.686. The minimum atomic E-state index is -0.923. The summed E-state index contributed by atoms with van der Waals surface area (Å²) >= 11 is 0. The molecule has 0 saturated carbocycles. The Labute approximate surface area is 100 Å². The van der Waals surface area contributed by atoms with Crippen LogP contribution >= 0.6 is 0 Å². The highest BCUT2D eigenvalue weighted by atomic mass is 16.7. The summed E-state index contributed by atoms with van der Waals surface area (Å²) in [5.74, 6) is -0.461. The molecule has 0 atom stereocenters. The number of ether oxygens (including phenoxy) is 2. The second kappa shape index (κ2) is 5.29. The van der Waals surface area contributed by atoms with Crippen molar-refractivity contribution in [1.82, 2.24) is 0 Å². The quantitative estimate of drug-likeness (QED) is 0.875. The van der Waals surface area contributed by atoms with E-state index >= 15 is 0 Å². The van der Waals surface area contributed by atoms with Gasteiger partial charge in [-0.1, -0.05) is 19.1 Å². The van der Waals surface area contributed by atoms with Crippen molar-refractivity contribution in [3.05, 3.63) is 35.4 Å². The molecule has 4 nitrogen and oxygen atoms in total. The normalized spacial score (nSPS) is 24.5. The second-order valence-electron chi connectivity index (χ2n) is 4.20. The van der Waals surface area contributed by atoms with E-state index in [0.29, 0.717) is 19.1 Å². The molecule has 1 aromatic rings. The van der Waals surface area contributed by atoms with Gasteiger partial charge < -0.3 is 14.6 Å². The van der Waals surface area contributed by atoms with E-state index in [1.807, 2.05) is 0 Å². The van der Waals surface area contributed by atoms with E-state index < -0.39 is 5.97 Å². The Hall–Kier alpha value is -1.39. The topological polar surface area (TPSA) is 55.8 Å². The van der Waals surface area contributed by atoms with Crippen LogP contribution in [0.25, 0.3) is 0 Å². The number of rotatable bonds is 3. The molecule has 92 valence electrons. The fourth-order valence-corrected chi connectivity index (χ4v) is 1.75. The van der Waals surface area contributed by atoms with Crippen LogP contribution in [0.5, 0.6) is 0 Å². The number of hydrogen-bond acceptors (Lipinski definition) is 3. The molecule has 4 heteroatoms. The van der Waals surface area contributed by atoms with Crippen LogP contribution < -0.4 is 0 Å². The first-order chi connectivity index (χ1) is 8.20. The van der Waals surface area contributed by atoms with Gasteiger partial charge in [0.1, 0.15) is 0 Å². The molecule has 1 saturated heterocycles. The lowest BCUT2D eigenvalue weighted by atomic mass is 10.1. The van der Waals surface area contributed by atoms with Crippen LogP contribution in [-0.2, 0) is 9.47 Å². The zero-order valence-electron chi connectivity index (χ0n) is 9.76. The molecule has 0 aromatic heterocycles. The molecular formula is C13H16O4. The molecule has 1 N–H and O–H groups in total. The van der Waals surface area contributed by atoms with Gasteiger partial charge in [-0.3, -0.25) is 0 Å². The van der Waals surface area contributed by atoms with E-state index in [2.05, 4.69) is 6.92 Å². The van der Waals surface area contributed by atoms with Crippen molar-refractivity contribution in [3.63, 3.8) is 0 Å². The number of carboxylic acids is 1. The van der Waals surface area contributed by atoms with E-state index in [-0.39, 0.29) is 11.9 Å². The molecule has 1 aliphatic rings. The Morgan fingerprint density at radius 1 is 1.29 bits per heavy atom. The molecule has 0 unspecified atom stereocenters. The van der Waals surface area contributed by atoms with Crippen LogP contribution in [-0.4, -0.2) is 24.3 Å². The molecule has 1 heterocycles. The molecular weight excluding hydrogens is 220 g/mol. The summed E-state index contributed by atoms with van der Waals surface area (Å²) in [6, 6.07) is 6.60. The lowest BCUT2D eigenvalue weighted by Crippen LogP contribution is -2.26. The summed E-state index contributed by atoms with van der Waals surface area (Å²) in [5, 5.41) is 8.79. The molecule has 1 aliphatic heterocycles. The SMILES string of the molecule is CCC1COC(c2ccc(C(=O)O)cc2)OC1. The maximum absolute atomic E-state index is 10.7. The zero-order valence-corrected chi connectivity index (χ0v) is 9.76. The summed E-state index contributed by atoms with van der Waals surface area (Å²) in [6.45, 7) is 3.50. The summed E-state index contributed by atoms with van der Waals surface area (Å²) in [4.78, 5) is 10.7. The predicted octanol–water partition coefficient (Wildman–Crippen LogP) is 2.46. The average molecular weight is 236 g/mol. The molecule has 1 aromatic carbocycles. The van der Waals surface area contributed by atoms with Crippen molar-refractivity contribution in [2.45, 2.75) is 19.6 Å². The number of carbonyl (C=O) groups is 1. The second-order valence-corrected chi connectivity index (χ2v) is 4.20. The number of hydrogen-bond donors (Lipinski definition) is 1. The van der Waals surface area contributed by atoms with Crippen LogP contribution in [0.2, 0.25) is 0 Å². The first kappa shape index (κ1) is 12.1. The minimum Gasteiger partial charge on any atom is -0.478 e. The van der Waals surface area contributed by atoms with E-state index in [1.165, 1.54) is 0 Å². The van der Waals surface area contributed by atoms with Gasteiger partial charge in [-0.25, -0.2) is 4.79 Å². The highest BCUT2D eigenvalue weighted by Crippen LogP contribution is 2.26. The maximum atomic E-state index is 10.7. The van der Waals surface area contributed by atoms with Crippen molar-refractivity contribution in [1.29, 1.82) is 0 Å². The fourth-order valence-electron chi connectivity index (χ4n) is 1.75. The van der Waals surface area contributed by atoms with Gasteiger partial charge in [-0.05, 0) is 18.6 Å². The molecule has 1 fully saturated rings. The third-order valence-electron chi connectivity index (χ3n) is 2.97. The first-order valence-corrected chi connectivity index (χ1v) is 5.77. The van der Waals surface area contributed by atoms with Crippen LogP contribution in [0.15, 0.2) is 24.3 Å². The molecule has 0 amide bonds. The van der Waals surface area contributed by atoms with Crippen molar-refractivity contribution in [2.24, 2.45) is 5.92 Å². The first-order valence-electron chi connectivity index (χ1n) is 5.77. The monoisotopic (exact) mass is 236 g/mol. The Kier molecular flexibility index (Phi) is 3.76. The van der Waals surface area contributed by atoms with Gasteiger partial charge in [0, 0.05) is 11.5 Å². The highest BCUT2D eigenvalue weighted by molar-refractivity contribution is 5.87. The zero-order chi connectivity index (χ0) is 12.3. The van der Waals surface area contributed by atoms with Crippen molar-refractivity contribution >= 4 is 5.97 Å². The molecule has 2 rings (SSSR count). The Balaban J connectivity index is 2.01. The van der Waals surface area contributed by atoms with E-state index in [4.69, 9.17) is 14.6 Å². The molecule has 0 bridgehead atoms. The van der Waals surface area contributed by atoms with Crippen molar-refractivity contribution < 1.29 is 19.4 Å². The number of aromatic carboxylic acids is 1. The maximum Gasteiger partial charge on any atom is 0.335 e.